The van der Waals surface area contributed by atoms with Gasteiger partial charge in [-0.1, -0.05) is 60.2 Å². The van der Waals surface area contributed by atoms with Crippen molar-refractivity contribution in [2.45, 2.75) is 51.6 Å². The van der Waals surface area contributed by atoms with E-state index in [1.54, 1.807) is 6.07 Å². The molecule has 2 aromatic carbocycles. The van der Waals surface area contributed by atoms with Crippen molar-refractivity contribution in [1.82, 2.24) is 0 Å². The molecule has 166 valence electrons. The van der Waals surface area contributed by atoms with E-state index in [0.29, 0.717) is 17.2 Å². The van der Waals surface area contributed by atoms with E-state index >= 15 is 0 Å². The number of aromatic carboxylic acids is 1. The van der Waals surface area contributed by atoms with Crippen LogP contribution in [-0.4, -0.2) is 16.2 Å². The lowest BCUT2D eigenvalue weighted by atomic mass is 9.89. The maximum absolute atomic E-state index is 11.1. The third kappa shape index (κ3) is 5.56. The molecule has 2 N–H and O–H groups in total. The van der Waals surface area contributed by atoms with Gasteiger partial charge in [-0.2, -0.15) is 0 Å². The van der Waals surface area contributed by atoms with E-state index in [9.17, 15) is 9.90 Å². The summed E-state index contributed by atoms with van der Waals surface area (Å²) in [7, 11) is 0. The molecule has 1 aromatic heterocycles. The van der Waals surface area contributed by atoms with Crippen LogP contribution in [0.1, 0.15) is 68.6 Å². The number of thiophene rings is 1. The van der Waals surface area contributed by atoms with Gasteiger partial charge in [-0.05, 0) is 79.3 Å². The Balaban J connectivity index is 1.33. The third-order valence-electron chi connectivity index (χ3n) is 6.31. The van der Waals surface area contributed by atoms with Gasteiger partial charge in [0.15, 0.2) is 0 Å². The number of allylic oxidation sites excluding steroid dienone is 2. The number of carboxylic acids is 1. The van der Waals surface area contributed by atoms with Crippen LogP contribution in [0.2, 0.25) is 0 Å². The molecule has 0 bridgehead atoms. The zero-order chi connectivity index (χ0) is 22.5. The molecule has 0 saturated carbocycles. The number of aliphatic hydroxyl groups is 1. The molecule has 3 aromatic rings. The summed E-state index contributed by atoms with van der Waals surface area (Å²) in [6.45, 7) is 2.07. The Labute approximate surface area is 194 Å². The van der Waals surface area contributed by atoms with Crippen molar-refractivity contribution in [2.75, 3.05) is 0 Å². The molecule has 1 heterocycles. The molecule has 0 spiro atoms. The van der Waals surface area contributed by atoms with E-state index in [1.807, 2.05) is 12.1 Å². The minimum atomic E-state index is -0.838. The molecule has 0 fully saturated rings. The molecular weight excluding hydrogens is 416 g/mol. The zero-order valence-corrected chi connectivity index (χ0v) is 19.3. The van der Waals surface area contributed by atoms with E-state index in [1.165, 1.54) is 34.5 Å². The fourth-order valence-electron chi connectivity index (χ4n) is 4.64. The smallest absolute Gasteiger partial charge is 0.345 e. The summed E-state index contributed by atoms with van der Waals surface area (Å²) in [4.78, 5) is 12.6. The quantitative estimate of drug-likeness (QED) is 0.378. The van der Waals surface area contributed by atoms with Gasteiger partial charge in [-0.3, -0.25) is 0 Å². The van der Waals surface area contributed by atoms with Crippen LogP contribution in [0.5, 0.6) is 0 Å². The first-order valence-electron chi connectivity index (χ1n) is 11.4. The molecule has 4 heteroatoms. The van der Waals surface area contributed by atoms with Crippen molar-refractivity contribution in [1.29, 1.82) is 0 Å². The monoisotopic (exact) mass is 446 g/mol. The van der Waals surface area contributed by atoms with Crippen LogP contribution in [0.25, 0.3) is 5.57 Å². The molecule has 2 atom stereocenters. The molecule has 0 amide bonds. The lowest BCUT2D eigenvalue weighted by molar-refractivity contribution is 0.0702. The molecule has 0 radical (unpaired) electrons. The number of hydrogen-bond donors (Lipinski definition) is 2. The molecule has 1 aliphatic rings. The van der Waals surface area contributed by atoms with E-state index in [-0.39, 0.29) is 0 Å². The Hall–Kier alpha value is -2.69. The number of hydrogen-bond acceptors (Lipinski definition) is 3. The van der Waals surface area contributed by atoms with Crippen LogP contribution < -0.4 is 0 Å². The summed E-state index contributed by atoms with van der Waals surface area (Å²) in [6.07, 6.45) is 7.89. The average molecular weight is 447 g/mol. The van der Waals surface area contributed by atoms with Crippen molar-refractivity contribution < 1.29 is 15.0 Å². The lowest BCUT2D eigenvalue weighted by Gasteiger charge is -2.17. The Kier molecular flexibility index (Phi) is 7.23. The molecule has 1 unspecified atom stereocenters. The number of carbonyl (C=O) groups is 1. The van der Waals surface area contributed by atoms with Gasteiger partial charge in [0.25, 0.3) is 0 Å². The molecular formula is C28H30O3S. The highest BCUT2D eigenvalue weighted by Gasteiger charge is 2.21. The number of aliphatic hydroxyl groups excluding tert-OH is 1. The first-order valence-corrected chi connectivity index (χ1v) is 12.2. The summed E-state index contributed by atoms with van der Waals surface area (Å²) >= 11 is 1.39. The highest BCUT2D eigenvalue weighted by molar-refractivity contribution is 7.13. The first-order chi connectivity index (χ1) is 15.5. The van der Waals surface area contributed by atoms with E-state index in [2.05, 4.69) is 55.5 Å². The van der Waals surface area contributed by atoms with Crippen LogP contribution >= 0.6 is 11.3 Å². The van der Waals surface area contributed by atoms with Gasteiger partial charge in [0, 0.05) is 11.3 Å². The van der Waals surface area contributed by atoms with Crippen LogP contribution in [0.15, 0.2) is 66.7 Å². The van der Waals surface area contributed by atoms with E-state index < -0.39 is 12.1 Å². The predicted octanol–water partition coefficient (Wildman–Crippen LogP) is 6.85. The molecule has 1 aliphatic carbocycles. The summed E-state index contributed by atoms with van der Waals surface area (Å²) in [6, 6.07) is 20.4. The molecule has 0 aliphatic heterocycles. The fourth-order valence-corrected chi connectivity index (χ4v) is 5.53. The fraction of sp³-hybridized carbons (Fsp3) is 0.321. The third-order valence-corrected chi connectivity index (χ3v) is 7.44. The van der Waals surface area contributed by atoms with Crippen LogP contribution in [0.4, 0.5) is 0 Å². The van der Waals surface area contributed by atoms with Crippen LogP contribution in [-0.2, 0) is 12.8 Å². The SMILES string of the molecule is Cc1cccc(CC(O)c2ccc(C3=CCC[C@@H]3CCCc3ccc(C(=O)O)s3)cc2)c1. The van der Waals surface area contributed by atoms with Gasteiger partial charge in [0.1, 0.15) is 4.88 Å². The standard InChI is InChI=1S/C28H30O3S/c1-19-5-2-6-20(17-19)18-26(29)23-13-11-22(12-14-23)25-10-4-8-21(25)7-3-9-24-15-16-27(32-24)28(30)31/h2,5-6,10-17,21,26,29H,3-4,7-9,18H2,1H3,(H,30,31)/t21-,26?/m0/s1. The van der Waals surface area contributed by atoms with Crippen molar-refractivity contribution in [2.24, 2.45) is 5.92 Å². The topological polar surface area (TPSA) is 57.5 Å². The van der Waals surface area contributed by atoms with Crippen molar-refractivity contribution in [3.8, 4) is 0 Å². The maximum atomic E-state index is 11.1. The second-order valence-corrected chi connectivity index (χ2v) is 9.90. The largest absolute Gasteiger partial charge is 0.477 e. The lowest BCUT2D eigenvalue weighted by Crippen LogP contribution is -2.03. The van der Waals surface area contributed by atoms with Gasteiger partial charge in [-0.25, -0.2) is 4.79 Å². The maximum Gasteiger partial charge on any atom is 0.345 e. The summed E-state index contributed by atoms with van der Waals surface area (Å²) in [5, 5.41) is 19.8. The highest BCUT2D eigenvalue weighted by atomic mass is 32.1. The number of rotatable bonds is 9. The van der Waals surface area contributed by atoms with Gasteiger partial charge in [-0.15, -0.1) is 11.3 Å². The van der Waals surface area contributed by atoms with Gasteiger partial charge < -0.3 is 10.2 Å². The second-order valence-electron chi connectivity index (χ2n) is 8.73. The van der Waals surface area contributed by atoms with Crippen LogP contribution in [0.3, 0.4) is 0 Å². The Bertz CT molecular complexity index is 1090. The van der Waals surface area contributed by atoms with E-state index in [0.717, 1.165) is 41.7 Å². The molecule has 4 rings (SSSR count). The Morgan fingerprint density at radius 3 is 2.66 bits per heavy atom. The second kappa shape index (κ2) is 10.3. The van der Waals surface area contributed by atoms with E-state index in [4.69, 9.17) is 5.11 Å². The summed E-state index contributed by atoms with van der Waals surface area (Å²) in [5.74, 6) is -0.285. The highest BCUT2D eigenvalue weighted by Crippen LogP contribution is 2.37. The minimum absolute atomic E-state index is 0.422. The first kappa shape index (κ1) is 22.5. The Morgan fingerprint density at radius 2 is 1.94 bits per heavy atom. The number of carboxylic acid groups (broad SMARTS) is 1. The zero-order valence-electron chi connectivity index (χ0n) is 18.5. The molecule has 3 nitrogen and oxygen atoms in total. The van der Waals surface area contributed by atoms with Gasteiger partial charge >= 0.3 is 5.97 Å². The summed E-state index contributed by atoms with van der Waals surface area (Å²) in [5.41, 5.74) is 6.00. The van der Waals surface area contributed by atoms with Gasteiger partial charge in [0.05, 0.1) is 6.10 Å². The van der Waals surface area contributed by atoms with Crippen molar-refractivity contribution in [3.63, 3.8) is 0 Å². The van der Waals surface area contributed by atoms with Crippen LogP contribution in [0, 0.1) is 12.8 Å². The minimum Gasteiger partial charge on any atom is -0.477 e. The molecule has 0 saturated heterocycles. The van der Waals surface area contributed by atoms with Crippen molar-refractivity contribution >= 4 is 22.9 Å². The van der Waals surface area contributed by atoms with Crippen molar-refractivity contribution in [3.05, 3.63) is 98.7 Å². The molecule has 32 heavy (non-hydrogen) atoms. The number of benzene rings is 2. The summed E-state index contributed by atoms with van der Waals surface area (Å²) < 4.78 is 0. The average Bonchev–Trinajstić information content (AvgIpc) is 3.44. The normalized spacial score (nSPS) is 16.7. The number of aryl methyl sites for hydroxylation is 2. The van der Waals surface area contributed by atoms with Gasteiger partial charge in [0.2, 0.25) is 0 Å². The Morgan fingerprint density at radius 1 is 1.12 bits per heavy atom. The predicted molar refractivity (Wildman–Crippen MR) is 131 cm³/mol.